The van der Waals surface area contributed by atoms with E-state index >= 15 is 0 Å². The molecule has 0 spiro atoms. The molecule has 0 saturated heterocycles. The summed E-state index contributed by atoms with van der Waals surface area (Å²) in [7, 11) is 0. The van der Waals surface area contributed by atoms with Crippen LogP contribution in [0.3, 0.4) is 0 Å². The number of H-pyrrole nitrogens is 1. The Morgan fingerprint density at radius 1 is 0.944 bits per heavy atom. The van der Waals surface area contributed by atoms with Crippen molar-refractivity contribution in [2.45, 2.75) is 12.1 Å². The van der Waals surface area contributed by atoms with Crippen LogP contribution in [0.1, 0.15) is 5.82 Å². The van der Waals surface area contributed by atoms with Crippen LogP contribution in [0.5, 0.6) is 0 Å². The van der Waals surface area contributed by atoms with E-state index in [0.29, 0.717) is 5.56 Å². The second kappa shape index (κ2) is 4.04. The number of hydrogen-bond acceptors (Lipinski definition) is 2. The van der Waals surface area contributed by atoms with E-state index in [1.54, 1.807) is 23.3 Å². The zero-order chi connectivity index (χ0) is 13.4. The van der Waals surface area contributed by atoms with Crippen LogP contribution in [-0.4, -0.2) is 21.4 Å². The van der Waals surface area contributed by atoms with Gasteiger partial charge in [-0.1, -0.05) is 30.3 Å². The summed E-state index contributed by atoms with van der Waals surface area (Å²) in [5.74, 6) is -6.78. The molecule has 1 heterocycles. The lowest BCUT2D eigenvalue weighted by molar-refractivity contribution is -0.292. The van der Waals surface area contributed by atoms with Gasteiger partial charge in [0.05, 0.1) is 0 Å². The monoisotopic (exact) mass is 263 g/mol. The van der Waals surface area contributed by atoms with E-state index < -0.39 is 17.9 Å². The third-order valence-electron chi connectivity index (χ3n) is 2.17. The number of aromatic amines is 1. The number of hydrogen-bond donors (Lipinski definition) is 1. The van der Waals surface area contributed by atoms with Crippen LogP contribution in [0, 0.1) is 0 Å². The van der Waals surface area contributed by atoms with Crippen molar-refractivity contribution in [3.8, 4) is 11.4 Å². The number of benzene rings is 1. The van der Waals surface area contributed by atoms with Gasteiger partial charge in [0.25, 0.3) is 0 Å². The Morgan fingerprint density at radius 2 is 1.56 bits per heavy atom. The van der Waals surface area contributed by atoms with Crippen molar-refractivity contribution in [2.75, 3.05) is 0 Å². The van der Waals surface area contributed by atoms with Crippen LogP contribution in [-0.2, 0) is 5.92 Å². The molecular formula is C10H6F5N3. The van der Waals surface area contributed by atoms with Gasteiger partial charge in [0, 0.05) is 5.56 Å². The minimum Gasteiger partial charge on any atom is -0.257 e. The molecule has 1 aromatic carbocycles. The summed E-state index contributed by atoms with van der Waals surface area (Å²) in [6.45, 7) is 0. The van der Waals surface area contributed by atoms with E-state index in [0.717, 1.165) is 0 Å². The maximum Gasteiger partial charge on any atom is 0.461 e. The largest absolute Gasteiger partial charge is 0.461 e. The van der Waals surface area contributed by atoms with E-state index in [4.69, 9.17) is 0 Å². The van der Waals surface area contributed by atoms with Gasteiger partial charge >= 0.3 is 12.1 Å². The predicted molar refractivity (Wildman–Crippen MR) is 51.8 cm³/mol. The summed E-state index contributed by atoms with van der Waals surface area (Å²) in [6.07, 6.45) is -5.71. The lowest BCUT2D eigenvalue weighted by Gasteiger charge is -2.16. The number of nitrogens with one attached hydrogen (secondary N) is 1. The van der Waals surface area contributed by atoms with Crippen molar-refractivity contribution in [3.63, 3.8) is 0 Å². The Morgan fingerprint density at radius 3 is 2.11 bits per heavy atom. The van der Waals surface area contributed by atoms with Crippen molar-refractivity contribution in [1.82, 2.24) is 15.2 Å². The first-order valence-corrected chi connectivity index (χ1v) is 4.75. The van der Waals surface area contributed by atoms with E-state index in [1.165, 1.54) is 12.1 Å². The molecule has 3 nitrogen and oxygen atoms in total. The van der Waals surface area contributed by atoms with Crippen LogP contribution in [0.2, 0.25) is 0 Å². The Labute approximate surface area is 97.7 Å². The molecule has 0 aliphatic rings. The molecule has 18 heavy (non-hydrogen) atoms. The molecule has 0 radical (unpaired) electrons. The smallest absolute Gasteiger partial charge is 0.257 e. The second-order valence-corrected chi connectivity index (χ2v) is 3.45. The molecular weight excluding hydrogens is 257 g/mol. The quantitative estimate of drug-likeness (QED) is 0.846. The molecule has 96 valence electrons. The van der Waals surface area contributed by atoms with Crippen molar-refractivity contribution in [3.05, 3.63) is 36.2 Å². The molecule has 0 aliphatic heterocycles. The first-order valence-electron chi connectivity index (χ1n) is 4.75. The molecule has 2 aromatic rings. The fraction of sp³-hybridized carbons (Fsp3) is 0.200. The van der Waals surface area contributed by atoms with Gasteiger partial charge in [-0.2, -0.15) is 27.1 Å². The highest BCUT2D eigenvalue weighted by Gasteiger charge is 2.61. The van der Waals surface area contributed by atoms with Crippen LogP contribution < -0.4 is 0 Å². The Kier molecular flexibility index (Phi) is 2.80. The van der Waals surface area contributed by atoms with Gasteiger partial charge in [0.2, 0.25) is 5.82 Å². The minimum atomic E-state index is -5.71. The number of rotatable bonds is 2. The molecule has 0 saturated carbocycles. The van der Waals surface area contributed by atoms with Gasteiger partial charge in [0.1, 0.15) is 0 Å². The summed E-state index contributed by atoms with van der Waals surface area (Å²) >= 11 is 0. The van der Waals surface area contributed by atoms with Crippen LogP contribution in [0.15, 0.2) is 30.3 Å². The van der Waals surface area contributed by atoms with Crippen molar-refractivity contribution in [2.24, 2.45) is 0 Å². The Hall–Kier alpha value is -1.99. The highest BCUT2D eigenvalue weighted by molar-refractivity contribution is 5.53. The zero-order valence-electron chi connectivity index (χ0n) is 8.67. The first-order chi connectivity index (χ1) is 8.32. The minimum absolute atomic E-state index is 0.213. The standard InChI is InChI=1S/C10H6F5N3/c11-9(12,10(13,14)15)8-16-7(17-18-8)6-4-2-1-3-5-6/h1-5H,(H,16,17,18). The van der Waals surface area contributed by atoms with Gasteiger partial charge in [0.15, 0.2) is 5.82 Å². The summed E-state index contributed by atoms with van der Waals surface area (Å²) in [6, 6.07) is 7.85. The molecule has 0 atom stereocenters. The zero-order valence-corrected chi connectivity index (χ0v) is 8.67. The Bertz CT molecular complexity index is 532. The fourth-order valence-corrected chi connectivity index (χ4v) is 1.25. The lowest BCUT2D eigenvalue weighted by Crippen LogP contribution is -2.34. The Balaban J connectivity index is 2.38. The predicted octanol–water partition coefficient (Wildman–Crippen LogP) is 3.13. The normalized spacial score (nSPS) is 12.7. The van der Waals surface area contributed by atoms with Gasteiger partial charge in [-0.05, 0) is 0 Å². The number of nitrogens with zero attached hydrogens (tertiary/aromatic N) is 2. The molecule has 2 rings (SSSR count). The molecule has 0 bridgehead atoms. The third-order valence-corrected chi connectivity index (χ3v) is 2.17. The van der Waals surface area contributed by atoms with Gasteiger partial charge in [-0.3, -0.25) is 5.10 Å². The third kappa shape index (κ3) is 2.05. The molecule has 1 N–H and O–H groups in total. The number of halogens is 5. The molecule has 8 heteroatoms. The van der Waals surface area contributed by atoms with E-state index in [1.807, 2.05) is 0 Å². The lowest BCUT2D eigenvalue weighted by atomic mass is 10.2. The van der Waals surface area contributed by atoms with Crippen molar-refractivity contribution < 1.29 is 22.0 Å². The van der Waals surface area contributed by atoms with Crippen molar-refractivity contribution >= 4 is 0 Å². The molecule has 1 aromatic heterocycles. The fourth-order valence-electron chi connectivity index (χ4n) is 1.25. The van der Waals surface area contributed by atoms with Gasteiger partial charge in [-0.25, -0.2) is 4.98 Å². The molecule has 0 amide bonds. The summed E-state index contributed by atoms with van der Waals surface area (Å²) in [4.78, 5) is 3.18. The SMILES string of the molecule is FC(F)(F)C(F)(F)c1nc(-c2ccccc2)n[nH]1. The highest BCUT2D eigenvalue weighted by Crippen LogP contribution is 2.42. The second-order valence-electron chi connectivity index (χ2n) is 3.45. The van der Waals surface area contributed by atoms with Crippen molar-refractivity contribution in [1.29, 1.82) is 0 Å². The molecule has 0 fully saturated rings. The van der Waals surface area contributed by atoms with E-state index in [2.05, 4.69) is 10.1 Å². The average molecular weight is 263 g/mol. The number of alkyl halides is 5. The number of aromatic nitrogens is 3. The van der Waals surface area contributed by atoms with Gasteiger partial charge < -0.3 is 0 Å². The van der Waals surface area contributed by atoms with E-state index in [-0.39, 0.29) is 5.82 Å². The molecule has 0 unspecified atom stereocenters. The summed E-state index contributed by atoms with van der Waals surface area (Å²) in [5, 5.41) is 4.97. The van der Waals surface area contributed by atoms with Crippen LogP contribution in [0.25, 0.3) is 11.4 Å². The van der Waals surface area contributed by atoms with Crippen LogP contribution >= 0.6 is 0 Å². The topological polar surface area (TPSA) is 41.6 Å². The van der Waals surface area contributed by atoms with Crippen LogP contribution in [0.4, 0.5) is 22.0 Å². The maximum absolute atomic E-state index is 12.9. The average Bonchev–Trinajstić information content (AvgIpc) is 2.78. The maximum atomic E-state index is 12.9. The summed E-state index contributed by atoms with van der Waals surface area (Å²) in [5.41, 5.74) is 0.345. The van der Waals surface area contributed by atoms with Gasteiger partial charge in [-0.15, -0.1) is 0 Å². The van der Waals surface area contributed by atoms with E-state index in [9.17, 15) is 22.0 Å². The summed E-state index contributed by atoms with van der Waals surface area (Å²) < 4.78 is 62.1. The molecule has 0 aliphatic carbocycles. The first kappa shape index (κ1) is 12.5. The highest BCUT2D eigenvalue weighted by atomic mass is 19.4.